The van der Waals surface area contributed by atoms with Gasteiger partial charge in [-0.25, -0.2) is 4.98 Å². The van der Waals surface area contributed by atoms with Crippen molar-refractivity contribution in [1.29, 1.82) is 0 Å². The van der Waals surface area contributed by atoms with Gasteiger partial charge in [0.25, 0.3) is 5.91 Å². The molecule has 6 heteroatoms. The van der Waals surface area contributed by atoms with Crippen molar-refractivity contribution in [3.05, 3.63) is 45.4 Å². The van der Waals surface area contributed by atoms with Crippen LogP contribution in [-0.2, 0) is 24.2 Å². The number of rotatable bonds is 4. The number of aromatic nitrogens is 1. The first kappa shape index (κ1) is 13.8. The molecule has 0 aliphatic carbocycles. The molecular weight excluding hydrogens is 286 g/mol. The predicted molar refractivity (Wildman–Crippen MR) is 81.4 cm³/mol. The van der Waals surface area contributed by atoms with E-state index in [2.05, 4.69) is 15.6 Å². The molecule has 1 aromatic carbocycles. The average Bonchev–Trinajstić information content (AvgIpc) is 3.06. The number of hydrogen-bond donors (Lipinski definition) is 2. The molecular formula is C15H15N3O2S. The molecule has 21 heavy (non-hydrogen) atoms. The minimum atomic E-state index is -0.124. The highest BCUT2D eigenvalue weighted by molar-refractivity contribution is 7.09. The molecule has 0 bridgehead atoms. The quantitative estimate of drug-likeness (QED) is 0.909. The molecule has 0 atom stereocenters. The molecule has 2 N–H and O–H groups in total. The molecule has 5 nitrogen and oxygen atoms in total. The van der Waals surface area contributed by atoms with E-state index in [0.717, 1.165) is 22.7 Å². The van der Waals surface area contributed by atoms with Gasteiger partial charge in [-0.15, -0.1) is 11.3 Å². The second-order valence-electron chi connectivity index (χ2n) is 4.87. The van der Waals surface area contributed by atoms with Crippen molar-refractivity contribution < 1.29 is 9.59 Å². The fourth-order valence-electron chi connectivity index (χ4n) is 2.25. The maximum atomic E-state index is 12.0. The minimum Gasteiger partial charge on any atom is -0.348 e. The highest BCUT2D eigenvalue weighted by atomic mass is 32.1. The number of benzene rings is 1. The number of nitrogens with one attached hydrogen (secondary N) is 2. The summed E-state index contributed by atoms with van der Waals surface area (Å²) in [4.78, 5) is 28.0. The second kappa shape index (κ2) is 5.65. The number of carbonyl (C=O) groups excluding carboxylic acids is 2. The average molecular weight is 301 g/mol. The van der Waals surface area contributed by atoms with Gasteiger partial charge in [0.05, 0.1) is 17.1 Å². The highest BCUT2D eigenvalue weighted by Crippen LogP contribution is 2.20. The second-order valence-corrected chi connectivity index (χ2v) is 5.81. The SMILES string of the molecule is CCc1nc(CC(=O)Nc2ccc3c(c2)C(=O)NC3)cs1. The number of carbonyl (C=O) groups is 2. The summed E-state index contributed by atoms with van der Waals surface area (Å²) in [5.74, 6) is -0.213. The lowest BCUT2D eigenvalue weighted by atomic mass is 10.1. The largest absolute Gasteiger partial charge is 0.348 e. The van der Waals surface area contributed by atoms with Crippen molar-refractivity contribution >= 4 is 28.8 Å². The lowest BCUT2D eigenvalue weighted by molar-refractivity contribution is -0.115. The third-order valence-electron chi connectivity index (χ3n) is 3.32. The van der Waals surface area contributed by atoms with Crippen LogP contribution in [0, 0.1) is 0 Å². The summed E-state index contributed by atoms with van der Waals surface area (Å²) in [5, 5.41) is 8.51. The molecule has 2 aromatic rings. The van der Waals surface area contributed by atoms with E-state index in [1.165, 1.54) is 0 Å². The van der Waals surface area contributed by atoms with Crippen molar-refractivity contribution in [2.24, 2.45) is 0 Å². The number of nitrogens with zero attached hydrogens (tertiary/aromatic N) is 1. The van der Waals surface area contributed by atoms with E-state index >= 15 is 0 Å². The normalized spacial score (nSPS) is 12.9. The molecule has 1 aliphatic heterocycles. The smallest absolute Gasteiger partial charge is 0.251 e. The van der Waals surface area contributed by atoms with Crippen molar-refractivity contribution in [3.8, 4) is 0 Å². The summed E-state index contributed by atoms with van der Waals surface area (Å²) in [5.41, 5.74) is 3.02. The van der Waals surface area contributed by atoms with E-state index in [0.29, 0.717) is 17.8 Å². The van der Waals surface area contributed by atoms with Crippen molar-refractivity contribution in [1.82, 2.24) is 10.3 Å². The lowest BCUT2D eigenvalue weighted by Crippen LogP contribution is -2.15. The zero-order valence-corrected chi connectivity index (χ0v) is 12.4. The summed E-state index contributed by atoms with van der Waals surface area (Å²) >= 11 is 1.57. The van der Waals surface area contributed by atoms with Crippen molar-refractivity contribution in [3.63, 3.8) is 0 Å². The standard InChI is InChI=1S/C15H15N3O2S/c1-2-14-18-11(8-21-14)6-13(19)17-10-4-3-9-7-16-15(20)12(9)5-10/h3-5,8H,2,6-7H2,1H3,(H,16,20)(H,17,19). The number of thiazole rings is 1. The van der Waals surface area contributed by atoms with Crippen LogP contribution in [0.4, 0.5) is 5.69 Å². The van der Waals surface area contributed by atoms with Crippen LogP contribution < -0.4 is 10.6 Å². The maximum absolute atomic E-state index is 12.0. The Hall–Kier alpha value is -2.21. The topological polar surface area (TPSA) is 71.1 Å². The zero-order valence-electron chi connectivity index (χ0n) is 11.6. The summed E-state index contributed by atoms with van der Waals surface area (Å²) in [6, 6.07) is 5.39. The van der Waals surface area contributed by atoms with Gasteiger partial charge in [0.2, 0.25) is 5.91 Å². The van der Waals surface area contributed by atoms with E-state index in [9.17, 15) is 9.59 Å². The third kappa shape index (κ3) is 2.95. The Bertz CT molecular complexity index is 709. The van der Waals surface area contributed by atoms with E-state index in [4.69, 9.17) is 0 Å². The van der Waals surface area contributed by atoms with Crippen molar-refractivity contribution in [2.45, 2.75) is 26.3 Å². The predicted octanol–water partition coefficient (Wildman–Crippen LogP) is 2.13. The van der Waals surface area contributed by atoms with Gasteiger partial charge in [-0.05, 0) is 24.1 Å². The summed E-state index contributed by atoms with van der Waals surface area (Å²) < 4.78 is 0. The number of fused-ring (bicyclic) bond motifs is 1. The Kier molecular flexibility index (Phi) is 3.70. The number of amides is 2. The van der Waals surface area contributed by atoms with E-state index < -0.39 is 0 Å². The first-order valence-electron chi connectivity index (χ1n) is 6.80. The van der Waals surface area contributed by atoms with Gasteiger partial charge in [0, 0.05) is 23.2 Å². The van der Waals surface area contributed by atoms with Crippen LogP contribution in [-0.4, -0.2) is 16.8 Å². The molecule has 108 valence electrons. The molecule has 0 unspecified atom stereocenters. The molecule has 1 aromatic heterocycles. The van der Waals surface area contributed by atoms with Crippen LogP contribution in [0.1, 0.15) is 33.5 Å². The highest BCUT2D eigenvalue weighted by Gasteiger charge is 2.19. The molecule has 0 spiro atoms. The zero-order chi connectivity index (χ0) is 14.8. The Labute approximate surface area is 126 Å². The fourth-order valence-corrected chi connectivity index (χ4v) is 3.00. The van der Waals surface area contributed by atoms with Gasteiger partial charge in [-0.1, -0.05) is 13.0 Å². The molecule has 2 amide bonds. The Morgan fingerprint density at radius 1 is 1.48 bits per heavy atom. The minimum absolute atomic E-state index is 0.0896. The number of hydrogen-bond acceptors (Lipinski definition) is 4. The van der Waals surface area contributed by atoms with E-state index in [1.807, 2.05) is 24.4 Å². The van der Waals surface area contributed by atoms with Crippen LogP contribution in [0.2, 0.25) is 0 Å². The van der Waals surface area contributed by atoms with Gasteiger partial charge < -0.3 is 10.6 Å². The Balaban J connectivity index is 1.67. The Morgan fingerprint density at radius 2 is 2.33 bits per heavy atom. The number of aryl methyl sites for hydroxylation is 1. The first-order valence-corrected chi connectivity index (χ1v) is 7.68. The molecule has 0 saturated carbocycles. The van der Waals surface area contributed by atoms with Crippen LogP contribution in [0.5, 0.6) is 0 Å². The molecule has 3 rings (SSSR count). The van der Waals surface area contributed by atoms with Crippen LogP contribution in [0.3, 0.4) is 0 Å². The first-order chi connectivity index (χ1) is 10.2. The van der Waals surface area contributed by atoms with Gasteiger partial charge >= 0.3 is 0 Å². The van der Waals surface area contributed by atoms with Crippen LogP contribution in [0.25, 0.3) is 0 Å². The van der Waals surface area contributed by atoms with Gasteiger partial charge in [0.1, 0.15) is 0 Å². The van der Waals surface area contributed by atoms with E-state index in [-0.39, 0.29) is 18.2 Å². The number of anilines is 1. The van der Waals surface area contributed by atoms with Gasteiger partial charge in [0.15, 0.2) is 0 Å². The van der Waals surface area contributed by atoms with Gasteiger partial charge in [-0.2, -0.15) is 0 Å². The summed E-state index contributed by atoms with van der Waals surface area (Å²) in [6.07, 6.45) is 1.13. The molecule has 2 heterocycles. The molecule has 1 aliphatic rings. The van der Waals surface area contributed by atoms with Gasteiger partial charge in [-0.3, -0.25) is 9.59 Å². The summed E-state index contributed by atoms with van der Waals surface area (Å²) in [6.45, 7) is 2.60. The van der Waals surface area contributed by atoms with Crippen LogP contribution in [0.15, 0.2) is 23.6 Å². The van der Waals surface area contributed by atoms with Crippen LogP contribution >= 0.6 is 11.3 Å². The summed E-state index contributed by atoms with van der Waals surface area (Å²) in [7, 11) is 0. The Morgan fingerprint density at radius 3 is 3.10 bits per heavy atom. The monoisotopic (exact) mass is 301 g/mol. The molecule has 0 fully saturated rings. The molecule has 0 radical (unpaired) electrons. The fraction of sp³-hybridized carbons (Fsp3) is 0.267. The maximum Gasteiger partial charge on any atom is 0.251 e. The third-order valence-corrected chi connectivity index (χ3v) is 4.36. The van der Waals surface area contributed by atoms with Crippen molar-refractivity contribution in [2.75, 3.05) is 5.32 Å². The molecule has 0 saturated heterocycles. The lowest BCUT2D eigenvalue weighted by Gasteiger charge is -2.05. The van der Waals surface area contributed by atoms with E-state index in [1.54, 1.807) is 17.4 Å².